The number of amides is 1. The molecule has 24 heavy (non-hydrogen) atoms. The fraction of sp³-hybridized carbons (Fsp3) is 0.455. The number of hydrogen-bond donors (Lipinski definition) is 2. The van der Waals surface area contributed by atoms with Crippen LogP contribution in [-0.2, 0) is 25.0 Å². The monoisotopic (exact) mass is 508 g/mol. The van der Waals surface area contributed by atoms with E-state index in [0.717, 1.165) is 12.3 Å². The van der Waals surface area contributed by atoms with Gasteiger partial charge in [0.15, 0.2) is 5.75 Å². The number of carbonyl (C=O) groups excluding carboxylic acids is 1. The standard InChI is InChI=1S/C11H14Br2N2O7S2/c1-7(5-13)11(16)15-10-4-9(24(19,20)21)8(6-14-10)22-23(17,18)3-2-12/h4,6-7H,2-3,5H2,1H3,(H,14,15,16)(H,19,20,21). The van der Waals surface area contributed by atoms with Crippen molar-refractivity contribution in [3.8, 4) is 5.75 Å². The molecular weight excluding hydrogens is 496 g/mol. The molecule has 1 rings (SSSR count). The average molecular weight is 510 g/mol. The average Bonchev–Trinajstić information content (AvgIpc) is 2.46. The zero-order valence-corrected chi connectivity index (χ0v) is 17.1. The number of halogens is 2. The third-order valence-electron chi connectivity index (χ3n) is 2.58. The molecule has 2 N–H and O–H groups in total. The smallest absolute Gasteiger partial charge is 0.310 e. The van der Waals surface area contributed by atoms with Gasteiger partial charge in [-0.25, -0.2) is 4.98 Å². The highest BCUT2D eigenvalue weighted by Gasteiger charge is 2.24. The molecule has 13 heteroatoms. The Kier molecular flexibility index (Phi) is 7.59. The predicted molar refractivity (Wildman–Crippen MR) is 93.8 cm³/mol. The molecule has 1 unspecified atom stereocenters. The van der Waals surface area contributed by atoms with Gasteiger partial charge in [-0.1, -0.05) is 38.8 Å². The fourth-order valence-corrected chi connectivity index (χ4v) is 4.17. The molecule has 1 atom stereocenters. The summed E-state index contributed by atoms with van der Waals surface area (Å²) in [7, 11) is -8.88. The van der Waals surface area contributed by atoms with Gasteiger partial charge < -0.3 is 9.50 Å². The molecule has 136 valence electrons. The van der Waals surface area contributed by atoms with Crippen LogP contribution in [0.25, 0.3) is 0 Å². The van der Waals surface area contributed by atoms with Crippen LogP contribution in [0.5, 0.6) is 5.75 Å². The van der Waals surface area contributed by atoms with Crippen LogP contribution >= 0.6 is 31.9 Å². The molecule has 1 aromatic rings. The van der Waals surface area contributed by atoms with Gasteiger partial charge in [0.05, 0.1) is 11.9 Å². The van der Waals surface area contributed by atoms with Crippen LogP contribution in [0.4, 0.5) is 5.82 Å². The van der Waals surface area contributed by atoms with Crippen molar-refractivity contribution in [2.24, 2.45) is 5.92 Å². The minimum atomic E-state index is -4.81. The van der Waals surface area contributed by atoms with Crippen molar-refractivity contribution in [3.05, 3.63) is 12.3 Å². The van der Waals surface area contributed by atoms with Crippen LogP contribution in [0, 0.1) is 5.92 Å². The number of hydrogen-bond acceptors (Lipinski definition) is 7. The first-order valence-corrected chi connectivity index (χ1v) is 11.6. The van der Waals surface area contributed by atoms with Gasteiger partial charge in [-0.2, -0.15) is 16.8 Å². The van der Waals surface area contributed by atoms with Crippen LogP contribution in [0.1, 0.15) is 6.92 Å². The van der Waals surface area contributed by atoms with E-state index in [1.54, 1.807) is 6.92 Å². The molecule has 1 heterocycles. The second-order valence-electron chi connectivity index (χ2n) is 4.57. The highest BCUT2D eigenvalue weighted by Crippen LogP contribution is 2.27. The summed E-state index contributed by atoms with van der Waals surface area (Å²) in [5.41, 5.74) is 0. The molecule has 0 radical (unpaired) electrons. The second kappa shape index (κ2) is 8.56. The van der Waals surface area contributed by atoms with Gasteiger partial charge >= 0.3 is 10.1 Å². The molecule has 9 nitrogen and oxygen atoms in total. The van der Waals surface area contributed by atoms with Crippen molar-refractivity contribution in [1.82, 2.24) is 4.98 Å². The Morgan fingerprint density at radius 1 is 1.38 bits per heavy atom. The molecule has 0 aliphatic rings. The number of nitrogens with zero attached hydrogens (tertiary/aromatic N) is 1. The van der Waals surface area contributed by atoms with Crippen molar-refractivity contribution in [2.75, 3.05) is 21.7 Å². The van der Waals surface area contributed by atoms with Crippen LogP contribution in [0.15, 0.2) is 17.2 Å². The lowest BCUT2D eigenvalue weighted by Crippen LogP contribution is -2.22. The SMILES string of the molecule is CC(CBr)C(=O)Nc1cc(S(=O)(=O)O)c(OS(=O)(=O)CCBr)cn1. The molecule has 0 spiro atoms. The number of carbonyl (C=O) groups is 1. The quantitative estimate of drug-likeness (QED) is 0.304. The normalized spacial score (nSPS) is 13.3. The molecule has 0 fully saturated rings. The van der Waals surface area contributed by atoms with Crippen LogP contribution in [0.2, 0.25) is 0 Å². The summed E-state index contributed by atoms with van der Waals surface area (Å²) in [4.78, 5) is 14.7. The maximum absolute atomic E-state index is 11.8. The Balaban J connectivity index is 3.23. The van der Waals surface area contributed by atoms with Gasteiger partial charge in [-0.05, 0) is 0 Å². The highest BCUT2D eigenvalue weighted by molar-refractivity contribution is 9.09. The minimum Gasteiger partial charge on any atom is -0.379 e. The Labute approximate surface area is 156 Å². The molecule has 0 aromatic carbocycles. The number of rotatable bonds is 8. The van der Waals surface area contributed by atoms with Crippen molar-refractivity contribution in [1.29, 1.82) is 0 Å². The van der Waals surface area contributed by atoms with E-state index in [2.05, 4.69) is 46.3 Å². The Morgan fingerprint density at radius 2 is 2.00 bits per heavy atom. The van der Waals surface area contributed by atoms with Gasteiger partial charge in [0.2, 0.25) is 5.91 Å². The van der Waals surface area contributed by atoms with E-state index in [9.17, 15) is 26.2 Å². The number of nitrogens with one attached hydrogen (secondary N) is 1. The van der Waals surface area contributed by atoms with Gasteiger partial charge in [-0.15, -0.1) is 0 Å². The number of aromatic nitrogens is 1. The van der Waals surface area contributed by atoms with Crippen LogP contribution in [0.3, 0.4) is 0 Å². The minimum absolute atomic E-state index is 0.0720. The van der Waals surface area contributed by atoms with E-state index in [1.165, 1.54) is 0 Å². The van der Waals surface area contributed by atoms with Crippen LogP contribution < -0.4 is 9.50 Å². The van der Waals surface area contributed by atoms with Gasteiger partial charge in [0.25, 0.3) is 10.1 Å². The molecule has 1 aromatic heterocycles. The zero-order chi connectivity index (χ0) is 18.5. The first kappa shape index (κ1) is 21.3. The van der Waals surface area contributed by atoms with E-state index in [0.29, 0.717) is 5.33 Å². The maximum Gasteiger partial charge on any atom is 0.310 e. The number of pyridine rings is 1. The van der Waals surface area contributed by atoms with Crippen molar-refractivity contribution < 1.29 is 30.4 Å². The van der Waals surface area contributed by atoms with Gasteiger partial charge in [0.1, 0.15) is 10.7 Å². The van der Waals surface area contributed by atoms with Crippen molar-refractivity contribution in [2.45, 2.75) is 11.8 Å². The molecule has 0 aliphatic carbocycles. The van der Waals surface area contributed by atoms with E-state index in [4.69, 9.17) is 0 Å². The Bertz CT molecular complexity index is 812. The van der Waals surface area contributed by atoms with E-state index >= 15 is 0 Å². The summed E-state index contributed by atoms with van der Waals surface area (Å²) in [6.07, 6.45) is 0.795. The summed E-state index contributed by atoms with van der Waals surface area (Å²) < 4.78 is 60.1. The summed E-state index contributed by atoms with van der Waals surface area (Å²) in [6.45, 7) is 1.62. The van der Waals surface area contributed by atoms with Crippen LogP contribution in [-0.4, -0.2) is 48.7 Å². The molecule has 0 saturated carbocycles. The largest absolute Gasteiger partial charge is 0.379 e. The molecule has 1 amide bonds. The molecule has 0 bridgehead atoms. The summed E-state index contributed by atoms with van der Waals surface area (Å²) >= 11 is 6.05. The first-order chi connectivity index (χ1) is 11.0. The van der Waals surface area contributed by atoms with Gasteiger partial charge in [0, 0.05) is 22.6 Å². The number of anilines is 1. The van der Waals surface area contributed by atoms with Crippen molar-refractivity contribution >= 4 is 63.8 Å². The molecular formula is C11H14Br2N2O7S2. The maximum atomic E-state index is 11.8. The Morgan fingerprint density at radius 3 is 2.50 bits per heavy atom. The topological polar surface area (TPSA) is 140 Å². The lowest BCUT2D eigenvalue weighted by atomic mass is 10.2. The summed E-state index contributed by atoms with van der Waals surface area (Å²) in [5.74, 6) is -2.12. The lowest BCUT2D eigenvalue weighted by Gasteiger charge is -2.12. The van der Waals surface area contributed by atoms with Crippen molar-refractivity contribution in [3.63, 3.8) is 0 Å². The first-order valence-electron chi connectivity index (χ1n) is 6.32. The highest BCUT2D eigenvalue weighted by atomic mass is 79.9. The number of alkyl halides is 2. The lowest BCUT2D eigenvalue weighted by molar-refractivity contribution is -0.118. The predicted octanol–water partition coefficient (Wildman–Crippen LogP) is 1.40. The van der Waals surface area contributed by atoms with Gasteiger partial charge in [-0.3, -0.25) is 9.35 Å². The van der Waals surface area contributed by atoms with E-state index in [-0.39, 0.29) is 11.1 Å². The summed E-state index contributed by atoms with van der Waals surface area (Å²) in [6, 6.07) is 0.813. The second-order valence-corrected chi connectivity index (χ2v) is 9.09. The fourth-order valence-electron chi connectivity index (χ4n) is 1.35. The Hall–Kier alpha value is -0.760. The van der Waals surface area contributed by atoms with E-state index < -0.39 is 48.5 Å². The third kappa shape index (κ3) is 6.27. The summed E-state index contributed by atoms with van der Waals surface area (Å²) in [5, 5.41) is 2.80. The zero-order valence-electron chi connectivity index (χ0n) is 12.3. The third-order valence-corrected chi connectivity index (χ3v) is 6.49. The molecule has 0 aliphatic heterocycles. The van der Waals surface area contributed by atoms with E-state index in [1.807, 2.05) is 0 Å². The molecule has 0 saturated heterocycles.